The van der Waals surface area contributed by atoms with E-state index in [2.05, 4.69) is 5.10 Å². The molecule has 4 rings (SSSR count). The van der Waals surface area contributed by atoms with E-state index in [0.717, 1.165) is 12.1 Å². The van der Waals surface area contributed by atoms with Gasteiger partial charge in [0.2, 0.25) is 5.91 Å². The van der Waals surface area contributed by atoms with Gasteiger partial charge in [-0.15, -0.1) is 0 Å². The molecule has 1 saturated heterocycles. The van der Waals surface area contributed by atoms with Gasteiger partial charge in [0, 0.05) is 38.3 Å². The van der Waals surface area contributed by atoms with Gasteiger partial charge in [-0.2, -0.15) is 5.10 Å². The Morgan fingerprint density at radius 2 is 1.83 bits per heavy atom. The van der Waals surface area contributed by atoms with Gasteiger partial charge in [-0.25, -0.2) is 13.2 Å². The Bertz CT molecular complexity index is 1030. The maximum Gasteiger partial charge on any atom is 0.308 e. The minimum absolute atomic E-state index is 0.0413. The summed E-state index contributed by atoms with van der Waals surface area (Å²) in [4.78, 5) is 37.6. The summed E-state index contributed by atoms with van der Waals surface area (Å²) in [5.74, 6) is -7.14. The van der Waals surface area contributed by atoms with Gasteiger partial charge in [0.1, 0.15) is 5.78 Å². The fourth-order valence-corrected chi connectivity index (χ4v) is 4.08. The van der Waals surface area contributed by atoms with Gasteiger partial charge in [-0.1, -0.05) is 0 Å². The Morgan fingerprint density at radius 3 is 2.47 bits per heavy atom. The van der Waals surface area contributed by atoms with Crippen molar-refractivity contribution in [3.05, 3.63) is 47.0 Å². The molecule has 1 aromatic heterocycles. The molecule has 0 aliphatic carbocycles. The largest absolute Gasteiger partial charge is 0.481 e. The highest BCUT2D eigenvalue weighted by molar-refractivity contribution is 5.99. The van der Waals surface area contributed by atoms with Crippen LogP contribution < -0.4 is 4.90 Å². The number of rotatable bonds is 5. The van der Waals surface area contributed by atoms with Gasteiger partial charge in [-0.3, -0.25) is 19.1 Å². The number of aromatic nitrogens is 2. The standard InChI is InChI=1S/C20H18F3N3O4/c21-13-3-10(4-14(22)19(13)23)5-17(27)11-1-2-26-15(6-11)16(8-24-26)25-9-12(20(29)30)7-18(25)28/h3-4,8,11-12H,1-2,5-7,9H2,(H,29,30). The maximum atomic E-state index is 13.4. The lowest BCUT2D eigenvalue weighted by Crippen LogP contribution is -2.31. The molecule has 0 bridgehead atoms. The van der Waals surface area contributed by atoms with E-state index in [1.54, 1.807) is 4.68 Å². The number of halogens is 3. The maximum absolute atomic E-state index is 13.4. The van der Waals surface area contributed by atoms with Crippen molar-refractivity contribution < 1.29 is 32.7 Å². The number of carbonyl (C=O) groups is 3. The monoisotopic (exact) mass is 421 g/mol. The van der Waals surface area contributed by atoms with Gasteiger partial charge in [0.15, 0.2) is 17.5 Å². The van der Waals surface area contributed by atoms with Crippen LogP contribution in [0.3, 0.4) is 0 Å². The van der Waals surface area contributed by atoms with E-state index in [1.807, 2.05) is 0 Å². The molecule has 1 fully saturated rings. The summed E-state index contributed by atoms with van der Waals surface area (Å²) in [7, 11) is 0. The van der Waals surface area contributed by atoms with Crippen molar-refractivity contribution in [3.8, 4) is 0 Å². The fraction of sp³-hybridized carbons (Fsp3) is 0.400. The number of carboxylic acids is 1. The van der Waals surface area contributed by atoms with Crippen molar-refractivity contribution in [3.63, 3.8) is 0 Å². The highest BCUT2D eigenvalue weighted by atomic mass is 19.2. The summed E-state index contributed by atoms with van der Waals surface area (Å²) < 4.78 is 41.6. The van der Waals surface area contributed by atoms with Crippen molar-refractivity contribution >= 4 is 23.3 Å². The van der Waals surface area contributed by atoms with Gasteiger partial charge in [0.25, 0.3) is 0 Å². The number of aliphatic carboxylic acids is 1. The van der Waals surface area contributed by atoms with Crippen molar-refractivity contribution in [1.82, 2.24) is 9.78 Å². The van der Waals surface area contributed by atoms with Gasteiger partial charge >= 0.3 is 5.97 Å². The van der Waals surface area contributed by atoms with Gasteiger partial charge < -0.3 is 10.0 Å². The highest BCUT2D eigenvalue weighted by Crippen LogP contribution is 2.33. The molecular formula is C20H18F3N3O4. The van der Waals surface area contributed by atoms with Crippen LogP contribution in [-0.2, 0) is 33.8 Å². The van der Waals surface area contributed by atoms with Crippen LogP contribution in [0.1, 0.15) is 24.1 Å². The van der Waals surface area contributed by atoms with Crippen molar-refractivity contribution in [2.45, 2.75) is 32.2 Å². The Morgan fingerprint density at radius 1 is 1.13 bits per heavy atom. The molecule has 7 nitrogen and oxygen atoms in total. The number of benzene rings is 1. The van der Waals surface area contributed by atoms with E-state index in [9.17, 15) is 32.7 Å². The Labute approximate surface area is 169 Å². The lowest BCUT2D eigenvalue weighted by Gasteiger charge is -2.25. The molecule has 0 saturated carbocycles. The third-order valence-electron chi connectivity index (χ3n) is 5.70. The van der Waals surface area contributed by atoms with Gasteiger partial charge in [-0.05, 0) is 24.1 Å². The summed E-state index contributed by atoms with van der Waals surface area (Å²) in [5.41, 5.74) is 1.19. The minimum atomic E-state index is -1.58. The molecule has 10 heteroatoms. The molecule has 2 atom stereocenters. The Kier molecular flexibility index (Phi) is 5.08. The second-order valence-electron chi connectivity index (χ2n) is 7.65. The normalized spacial score (nSPS) is 21.0. The smallest absolute Gasteiger partial charge is 0.308 e. The van der Waals surface area contributed by atoms with Crippen molar-refractivity contribution in [2.75, 3.05) is 11.4 Å². The van der Waals surface area contributed by atoms with Crippen LogP contribution in [0, 0.1) is 29.3 Å². The van der Waals surface area contributed by atoms with E-state index < -0.39 is 35.3 Å². The van der Waals surface area contributed by atoms with Gasteiger partial charge in [0.05, 0.1) is 23.5 Å². The van der Waals surface area contributed by atoms with Crippen LogP contribution in [0.5, 0.6) is 0 Å². The number of carbonyl (C=O) groups excluding carboxylic acids is 2. The average Bonchev–Trinajstić information content (AvgIpc) is 3.28. The molecule has 2 unspecified atom stereocenters. The second-order valence-corrected chi connectivity index (χ2v) is 7.65. The minimum Gasteiger partial charge on any atom is -0.481 e. The number of ketones is 1. The number of hydrogen-bond acceptors (Lipinski definition) is 4. The van der Waals surface area contributed by atoms with Crippen LogP contribution >= 0.6 is 0 Å². The topological polar surface area (TPSA) is 92.5 Å². The van der Waals surface area contributed by atoms with E-state index in [-0.39, 0.29) is 43.1 Å². The first-order valence-electron chi connectivity index (χ1n) is 9.48. The lowest BCUT2D eigenvalue weighted by molar-refractivity contribution is -0.141. The summed E-state index contributed by atoms with van der Waals surface area (Å²) >= 11 is 0. The quantitative estimate of drug-likeness (QED) is 0.747. The highest BCUT2D eigenvalue weighted by Gasteiger charge is 2.38. The number of carboxylic acid groups (broad SMARTS) is 1. The number of Topliss-reactive ketones (excluding diaryl/α,β-unsaturated/α-hetero) is 1. The number of fused-ring (bicyclic) bond motifs is 1. The van der Waals surface area contributed by atoms with E-state index >= 15 is 0 Å². The predicted octanol–water partition coefficient (Wildman–Crippen LogP) is 2.11. The predicted molar refractivity (Wildman–Crippen MR) is 97.2 cm³/mol. The van der Waals surface area contributed by atoms with Crippen LogP contribution in [-0.4, -0.2) is 39.1 Å². The first-order valence-corrected chi connectivity index (χ1v) is 9.48. The van der Waals surface area contributed by atoms with E-state index in [1.165, 1.54) is 11.1 Å². The summed E-state index contributed by atoms with van der Waals surface area (Å²) in [6.45, 7) is 0.460. The Balaban J connectivity index is 1.51. The molecule has 158 valence electrons. The zero-order valence-corrected chi connectivity index (χ0v) is 15.8. The Hall–Kier alpha value is -3.17. The van der Waals surface area contributed by atoms with Crippen LogP contribution in [0.4, 0.5) is 18.9 Å². The zero-order valence-electron chi connectivity index (χ0n) is 15.8. The summed E-state index contributed by atoms with van der Waals surface area (Å²) in [6.07, 6.45) is 1.89. The number of amides is 1. The number of aryl methyl sites for hydroxylation is 1. The van der Waals surface area contributed by atoms with Crippen molar-refractivity contribution in [2.24, 2.45) is 11.8 Å². The molecule has 2 aliphatic rings. The SMILES string of the molecule is O=C(O)C1CC(=O)N(c2cnn3c2CC(C(=O)Cc2cc(F)c(F)c(F)c2)CC3)C1. The first kappa shape index (κ1) is 20.1. The molecule has 3 heterocycles. The number of anilines is 1. The molecule has 0 radical (unpaired) electrons. The van der Waals surface area contributed by atoms with E-state index in [4.69, 9.17) is 0 Å². The molecule has 2 aliphatic heterocycles. The van der Waals surface area contributed by atoms with Crippen LogP contribution in [0.25, 0.3) is 0 Å². The average molecular weight is 421 g/mol. The molecule has 1 amide bonds. The lowest BCUT2D eigenvalue weighted by atomic mass is 9.88. The molecule has 1 N–H and O–H groups in total. The van der Waals surface area contributed by atoms with E-state index in [0.29, 0.717) is 24.3 Å². The van der Waals surface area contributed by atoms with Crippen molar-refractivity contribution in [1.29, 1.82) is 0 Å². The number of hydrogen-bond donors (Lipinski definition) is 1. The molecule has 2 aromatic rings. The van der Waals surface area contributed by atoms with Crippen LogP contribution in [0.2, 0.25) is 0 Å². The molecule has 30 heavy (non-hydrogen) atoms. The third-order valence-corrected chi connectivity index (χ3v) is 5.70. The number of nitrogens with zero attached hydrogens (tertiary/aromatic N) is 3. The molecule has 0 spiro atoms. The third kappa shape index (κ3) is 3.57. The summed E-state index contributed by atoms with van der Waals surface area (Å²) in [5, 5.41) is 13.4. The molecule has 1 aromatic carbocycles. The molecular weight excluding hydrogens is 403 g/mol. The first-order chi connectivity index (χ1) is 14.2. The summed E-state index contributed by atoms with van der Waals surface area (Å²) in [6, 6.07) is 1.62. The zero-order chi connectivity index (χ0) is 21.6. The second kappa shape index (κ2) is 7.58. The fourth-order valence-electron chi connectivity index (χ4n) is 4.08. The van der Waals surface area contributed by atoms with Crippen LogP contribution in [0.15, 0.2) is 18.3 Å².